The van der Waals surface area contributed by atoms with Gasteiger partial charge < -0.3 is 49.4 Å². The van der Waals surface area contributed by atoms with Crippen molar-refractivity contribution in [2.45, 2.75) is 75.7 Å². The SMILES string of the molecule is CC1(C)C2CCC1(C)C1(C2)[C@]2(O)[C@@H](O)[C@H](OP(=O)(O)O)[C@@H](OP(=O)(O)O)[C@H](OP(=O)(O)O)[C@]12OP(=O)(O)O. The Balaban J connectivity index is 2.07. The summed E-state index contributed by atoms with van der Waals surface area (Å²) >= 11 is 0. The molecule has 22 heteroatoms. The molecule has 18 nitrogen and oxygen atoms in total. The lowest BCUT2D eigenvalue weighted by atomic mass is 9.62. The fraction of sp³-hybridized carbons (Fsp3) is 1.00. The molecule has 4 aliphatic carbocycles. The van der Waals surface area contributed by atoms with Gasteiger partial charge >= 0.3 is 31.3 Å². The summed E-state index contributed by atoms with van der Waals surface area (Å²) in [7, 11) is -23.1. The molecule has 0 amide bonds. The van der Waals surface area contributed by atoms with Gasteiger partial charge in [0.15, 0.2) is 5.60 Å². The van der Waals surface area contributed by atoms with Gasteiger partial charge in [0.05, 0.1) is 0 Å². The molecule has 10 N–H and O–H groups in total. The third-order valence-corrected chi connectivity index (χ3v) is 11.6. The lowest BCUT2D eigenvalue weighted by Gasteiger charge is -2.45. The van der Waals surface area contributed by atoms with E-state index < -0.39 is 83.2 Å². The van der Waals surface area contributed by atoms with E-state index in [0.29, 0.717) is 6.42 Å². The van der Waals surface area contributed by atoms with Crippen LogP contribution in [-0.4, -0.2) is 85.0 Å². The molecule has 0 aromatic rings. The first-order valence-corrected chi connectivity index (χ1v) is 17.2. The topological polar surface area (TPSA) is 308 Å². The summed E-state index contributed by atoms with van der Waals surface area (Å²) in [6, 6.07) is 0. The zero-order chi connectivity index (χ0) is 29.3. The minimum atomic E-state index is -5.82. The van der Waals surface area contributed by atoms with E-state index in [1.165, 1.54) is 0 Å². The van der Waals surface area contributed by atoms with Crippen LogP contribution in [0.25, 0.3) is 0 Å². The van der Waals surface area contributed by atoms with Crippen LogP contribution in [0.3, 0.4) is 0 Å². The molecule has 2 bridgehead atoms. The maximum absolute atomic E-state index is 12.3. The number of aliphatic hydroxyl groups is 2. The Morgan fingerprint density at radius 1 is 0.737 bits per heavy atom. The molecule has 4 fully saturated rings. The van der Waals surface area contributed by atoms with Gasteiger partial charge in [-0.1, -0.05) is 20.8 Å². The highest BCUT2D eigenvalue weighted by atomic mass is 31.2. The average Bonchev–Trinajstić information content (AvgIpc) is 2.92. The quantitative estimate of drug-likeness (QED) is 0.146. The molecule has 0 aromatic carbocycles. The summed E-state index contributed by atoms with van der Waals surface area (Å²) in [6.07, 6.45) is -10.2. The van der Waals surface area contributed by atoms with Gasteiger partial charge in [-0.3, -0.25) is 18.1 Å². The van der Waals surface area contributed by atoms with E-state index in [1.807, 2.05) is 0 Å². The fourth-order valence-electron chi connectivity index (χ4n) is 8.05. The standard InChI is InChI=1S/C16H30O18P4/c1-12(2)7-4-5-13(12,3)14(6-7)15(18)10(17)8(31-35(19,20)21)9(32-36(22,23)24)11(33-37(25,26)27)16(14,15)34-38(28,29)30/h7-11,17-18H,4-6H2,1-3H3,(H2,19,20,21)(H2,22,23,24)(H2,25,26,27)(H2,28,29,30)/t7?,8-,9-,10+,11+,13?,14?,15-,16+/m1/s1. The van der Waals surface area contributed by atoms with Crippen molar-refractivity contribution in [3.05, 3.63) is 0 Å². The molecule has 4 saturated carbocycles. The number of phosphoric acid groups is 4. The van der Waals surface area contributed by atoms with Crippen LogP contribution in [0.15, 0.2) is 0 Å². The Hall–Kier alpha value is 0.360. The predicted octanol–water partition coefficient (Wildman–Crippen LogP) is -0.780. The van der Waals surface area contributed by atoms with Crippen molar-refractivity contribution in [1.29, 1.82) is 0 Å². The maximum Gasteiger partial charge on any atom is 0.470 e. The van der Waals surface area contributed by atoms with Crippen LogP contribution >= 0.6 is 31.3 Å². The fourth-order valence-corrected chi connectivity index (χ4v) is 10.5. The predicted molar refractivity (Wildman–Crippen MR) is 119 cm³/mol. The molecule has 0 radical (unpaired) electrons. The smallest absolute Gasteiger partial charge is 0.387 e. The molecule has 1 spiro atoms. The average molecular weight is 634 g/mol. The van der Waals surface area contributed by atoms with E-state index in [2.05, 4.69) is 9.05 Å². The van der Waals surface area contributed by atoms with Crippen LogP contribution in [0.1, 0.15) is 40.0 Å². The number of phosphoric ester groups is 4. The van der Waals surface area contributed by atoms with Crippen molar-refractivity contribution in [1.82, 2.24) is 0 Å². The number of hydrogen-bond donors (Lipinski definition) is 10. The van der Waals surface area contributed by atoms with E-state index in [1.54, 1.807) is 20.8 Å². The molecule has 0 saturated heterocycles. The molecule has 0 aromatic heterocycles. The molecular formula is C16H30O18P4. The summed E-state index contributed by atoms with van der Waals surface area (Å²) in [4.78, 5) is 77.0. The van der Waals surface area contributed by atoms with Gasteiger partial charge in [-0.05, 0) is 36.0 Å². The van der Waals surface area contributed by atoms with Crippen LogP contribution < -0.4 is 0 Å². The number of fused-ring (bicyclic) bond motifs is 6. The van der Waals surface area contributed by atoms with E-state index in [9.17, 15) is 67.6 Å². The van der Waals surface area contributed by atoms with Gasteiger partial charge in [0, 0.05) is 5.41 Å². The van der Waals surface area contributed by atoms with Crippen molar-refractivity contribution in [2.75, 3.05) is 0 Å². The highest BCUT2D eigenvalue weighted by Crippen LogP contribution is 2.93. The summed E-state index contributed by atoms with van der Waals surface area (Å²) < 4.78 is 66.8. The zero-order valence-electron chi connectivity index (χ0n) is 20.0. The molecule has 0 heterocycles. The van der Waals surface area contributed by atoms with Crippen molar-refractivity contribution in [3.8, 4) is 0 Å². The molecule has 38 heavy (non-hydrogen) atoms. The van der Waals surface area contributed by atoms with Crippen molar-refractivity contribution in [3.63, 3.8) is 0 Å². The molecule has 9 atom stereocenters. The minimum absolute atomic E-state index is 0.198. The minimum Gasteiger partial charge on any atom is -0.387 e. The second-order valence-electron chi connectivity index (χ2n) is 11.1. The van der Waals surface area contributed by atoms with Gasteiger partial charge in [0.25, 0.3) is 0 Å². The normalized spacial score (nSPS) is 46.4. The molecule has 3 unspecified atom stereocenters. The van der Waals surface area contributed by atoms with Crippen molar-refractivity contribution < 1.29 is 85.7 Å². The summed E-state index contributed by atoms with van der Waals surface area (Å²) in [5, 5.41) is 23.5. The van der Waals surface area contributed by atoms with E-state index in [0.717, 1.165) is 0 Å². The van der Waals surface area contributed by atoms with Crippen LogP contribution in [0.2, 0.25) is 0 Å². The lowest BCUT2D eigenvalue weighted by Crippen LogP contribution is -2.65. The number of hydrogen-bond acceptors (Lipinski definition) is 10. The first-order chi connectivity index (χ1) is 16.7. The molecule has 222 valence electrons. The van der Waals surface area contributed by atoms with Crippen LogP contribution in [0.5, 0.6) is 0 Å². The van der Waals surface area contributed by atoms with Gasteiger partial charge in [-0.15, -0.1) is 0 Å². The second-order valence-corrected chi connectivity index (χ2v) is 15.8. The van der Waals surface area contributed by atoms with Crippen molar-refractivity contribution >= 4 is 31.3 Å². The zero-order valence-corrected chi connectivity index (χ0v) is 23.6. The molecule has 0 aliphatic heterocycles. The first-order valence-electron chi connectivity index (χ1n) is 11.1. The number of rotatable bonds is 8. The van der Waals surface area contributed by atoms with E-state index in [4.69, 9.17) is 9.05 Å². The third kappa shape index (κ3) is 4.10. The Labute approximate surface area is 215 Å². The summed E-state index contributed by atoms with van der Waals surface area (Å²) in [5.74, 6) is -0.329. The summed E-state index contributed by atoms with van der Waals surface area (Å²) in [5.41, 5.74) is -10.1. The van der Waals surface area contributed by atoms with E-state index in [-0.39, 0.29) is 18.8 Å². The lowest BCUT2D eigenvalue weighted by molar-refractivity contribution is -0.209. The monoisotopic (exact) mass is 634 g/mol. The first kappa shape index (κ1) is 31.3. The molecule has 4 aliphatic rings. The largest absolute Gasteiger partial charge is 0.470 e. The van der Waals surface area contributed by atoms with Gasteiger partial charge in [0.1, 0.15) is 30.0 Å². The highest BCUT2D eigenvalue weighted by Gasteiger charge is 3.04. The van der Waals surface area contributed by atoms with Gasteiger partial charge in [-0.25, -0.2) is 18.3 Å². The Morgan fingerprint density at radius 3 is 1.58 bits per heavy atom. The second kappa shape index (κ2) is 8.47. The maximum atomic E-state index is 12.3. The van der Waals surface area contributed by atoms with Gasteiger partial charge in [-0.2, -0.15) is 0 Å². The number of aliphatic hydroxyl groups excluding tert-OH is 1. The van der Waals surface area contributed by atoms with Crippen LogP contribution in [0, 0.1) is 22.2 Å². The van der Waals surface area contributed by atoms with Crippen LogP contribution in [-0.2, 0) is 36.4 Å². The third-order valence-electron chi connectivity index (χ3n) is 9.51. The molecular weight excluding hydrogens is 604 g/mol. The van der Waals surface area contributed by atoms with Crippen molar-refractivity contribution in [2.24, 2.45) is 22.2 Å². The molecule has 4 rings (SSSR count). The Morgan fingerprint density at radius 2 is 1.21 bits per heavy atom. The van der Waals surface area contributed by atoms with Gasteiger partial charge in [0.2, 0.25) is 0 Å². The van der Waals surface area contributed by atoms with E-state index >= 15 is 0 Å². The Kier molecular flexibility index (Phi) is 6.98. The summed E-state index contributed by atoms with van der Waals surface area (Å²) in [6.45, 7) is 5.06. The highest BCUT2D eigenvalue weighted by molar-refractivity contribution is 7.47. The Bertz CT molecular complexity index is 1200. The van der Waals surface area contributed by atoms with Crippen LogP contribution in [0.4, 0.5) is 0 Å².